The smallest absolute Gasteiger partial charge is 0.271 e. The average molecular weight is 228 g/mol. The van der Waals surface area contributed by atoms with Gasteiger partial charge in [-0.25, -0.2) is 0 Å². The highest BCUT2D eigenvalue weighted by atomic mass is 16.6. The summed E-state index contributed by atoms with van der Waals surface area (Å²) >= 11 is 0. The van der Waals surface area contributed by atoms with Gasteiger partial charge in [-0.3, -0.25) is 14.3 Å². The lowest BCUT2D eigenvalue weighted by Crippen LogP contribution is -2.35. The molecule has 2 heterocycles. The molecule has 0 amide bonds. The van der Waals surface area contributed by atoms with Gasteiger partial charge in [0.05, 0.1) is 12.8 Å². The third-order valence-corrected chi connectivity index (χ3v) is 2.54. The minimum atomic E-state index is -1.25. The molecule has 2 rings (SSSR count). The van der Waals surface area contributed by atoms with Crippen LogP contribution in [0.5, 0.6) is 0 Å². The molecule has 0 bridgehead atoms. The topological polar surface area (TPSA) is 105 Å². The molecule has 1 aliphatic rings. The van der Waals surface area contributed by atoms with E-state index in [4.69, 9.17) is 9.84 Å². The van der Waals surface area contributed by atoms with Crippen molar-refractivity contribution in [2.75, 3.05) is 6.61 Å². The minimum Gasteiger partial charge on any atom is -0.394 e. The van der Waals surface area contributed by atoms with E-state index in [1.807, 2.05) is 0 Å². The second-order valence-corrected chi connectivity index (χ2v) is 3.55. The Morgan fingerprint density at radius 3 is 2.75 bits per heavy atom. The van der Waals surface area contributed by atoms with Crippen LogP contribution in [0.25, 0.3) is 0 Å². The first-order chi connectivity index (χ1) is 7.65. The van der Waals surface area contributed by atoms with Crippen LogP contribution in [0.2, 0.25) is 0 Å². The molecule has 16 heavy (non-hydrogen) atoms. The molecule has 1 saturated heterocycles. The number of hydrogen-bond acceptors (Lipinski definition) is 6. The van der Waals surface area contributed by atoms with Crippen LogP contribution < -0.4 is 5.56 Å². The van der Waals surface area contributed by atoms with E-state index in [0.29, 0.717) is 0 Å². The van der Waals surface area contributed by atoms with Gasteiger partial charge in [0.2, 0.25) is 0 Å². The second-order valence-electron chi connectivity index (χ2n) is 3.55. The number of ether oxygens (including phenoxy) is 1. The molecule has 0 aliphatic carbocycles. The molecule has 1 aliphatic heterocycles. The van der Waals surface area contributed by atoms with Crippen molar-refractivity contribution in [2.45, 2.75) is 24.5 Å². The third kappa shape index (κ3) is 1.74. The van der Waals surface area contributed by atoms with Crippen molar-refractivity contribution < 1.29 is 20.1 Å². The molecule has 0 saturated carbocycles. The van der Waals surface area contributed by atoms with E-state index in [0.717, 1.165) is 10.8 Å². The number of aliphatic hydroxyl groups is 3. The summed E-state index contributed by atoms with van der Waals surface area (Å²) in [6.45, 7) is -0.422. The molecular formula is C9H12N2O5. The Balaban J connectivity index is 2.30. The van der Waals surface area contributed by atoms with Crippen molar-refractivity contribution in [3.63, 3.8) is 0 Å². The molecule has 1 fully saturated rings. The fourth-order valence-electron chi connectivity index (χ4n) is 1.68. The predicted molar refractivity (Wildman–Crippen MR) is 51.5 cm³/mol. The lowest BCUT2D eigenvalue weighted by atomic mass is 10.1. The van der Waals surface area contributed by atoms with E-state index in [-0.39, 0.29) is 0 Å². The van der Waals surface area contributed by atoms with Crippen molar-refractivity contribution >= 4 is 0 Å². The SMILES string of the molecule is O=c1cnccn1C1O[C@H](CO)[C@@H](O)[C@H]1O. The Labute approximate surface area is 90.6 Å². The quantitative estimate of drug-likeness (QED) is 0.533. The molecule has 88 valence electrons. The van der Waals surface area contributed by atoms with E-state index in [2.05, 4.69) is 4.98 Å². The summed E-state index contributed by atoms with van der Waals surface area (Å²) in [5.41, 5.74) is -0.447. The lowest BCUT2D eigenvalue weighted by Gasteiger charge is -2.16. The van der Waals surface area contributed by atoms with Gasteiger partial charge in [0, 0.05) is 12.4 Å². The van der Waals surface area contributed by atoms with Gasteiger partial charge in [0.1, 0.15) is 18.3 Å². The van der Waals surface area contributed by atoms with E-state index in [1.54, 1.807) is 0 Å². The average Bonchev–Trinajstić information content (AvgIpc) is 2.57. The van der Waals surface area contributed by atoms with Gasteiger partial charge in [0.15, 0.2) is 6.23 Å². The molecule has 7 nitrogen and oxygen atoms in total. The number of rotatable bonds is 2. The van der Waals surface area contributed by atoms with Crippen LogP contribution in [-0.4, -0.2) is 49.8 Å². The molecule has 0 aromatic carbocycles. The Morgan fingerprint density at radius 1 is 1.44 bits per heavy atom. The fourth-order valence-corrected chi connectivity index (χ4v) is 1.68. The molecular weight excluding hydrogens is 216 g/mol. The van der Waals surface area contributed by atoms with Crippen LogP contribution >= 0.6 is 0 Å². The van der Waals surface area contributed by atoms with Crippen molar-refractivity contribution in [3.8, 4) is 0 Å². The second kappa shape index (κ2) is 4.30. The normalized spacial score (nSPS) is 34.2. The van der Waals surface area contributed by atoms with Crippen LogP contribution in [-0.2, 0) is 4.74 Å². The first-order valence-corrected chi connectivity index (χ1v) is 4.79. The van der Waals surface area contributed by atoms with Crippen molar-refractivity contribution in [2.24, 2.45) is 0 Å². The highest BCUT2D eigenvalue weighted by Crippen LogP contribution is 2.27. The number of hydrogen-bond donors (Lipinski definition) is 3. The summed E-state index contributed by atoms with van der Waals surface area (Å²) in [5.74, 6) is 0. The highest BCUT2D eigenvalue weighted by molar-refractivity contribution is 4.92. The molecule has 0 spiro atoms. The summed E-state index contributed by atoms with van der Waals surface area (Å²) in [4.78, 5) is 15.0. The van der Waals surface area contributed by atoms with Crippen LogP contribution in [0.1, 0.15) is 6.23 Å². The van der Waals surface area contributed by atoms with Crippen LogP contribution in [0, 0.1) is 0 Å². The first-order valence-electron chi connectivity index (χ1n) is 4.79. The number of nitrogens with zero attached hydrogens (tertiary/aromatic N) is 2. The van der Waals surface area contributed by atoms with E-state index >= 15 is 0 Å². The summed E-state index contributed by atoms with van der Waals surface area (Å²) in [5, 5.41) is 28.1. The van der Waals surface area contributed by atoms with Gasteiger partial charge in [0.25, 0.3) is 5.56 Å². The van der Waals surface area contributed by atoms with Gasteiger partial charge >= 0.3 is 0 Å². The monoisotopic (exact) mass is 228 g/mol. The van der Waals surface area contributed by atoms with E-state index in [9.17, 15) is 15.0 Å². The van der Waals surface area contributed by atoms with Gasteiger partial charge in [-0.15, -0.1) is 0 Å². The summed E-state index contributed by atoms with van der Waals surface area (Å²) in [6.07, 6.45) is -0.553. The Morgan fingerprint density at radius 2 is 2.19 bits per heavy atom. The minimum absolute atomic E-state index is 0.422. The van der Waals surface area contributed by atoms with Crippen LogP contribution in [0.4, 0.5) is 0 Å². The van der Waals surface area contributed by atoms with E-state index < -0.39 is 36.7 Å². The number of aliphatic hydroxyl groups excluding tert-OH is 3. The molecule has 1 unspecified atom stereocenters. The molecule has 4 atom stereocenters. The zero-order chi connectivity index (χ0) is 11.7. The third-order valence-electron chi connectivity index (χ3n) is 2.54. The summed E-state index contributed by atoms with van der Waals surface area (Å²) in [7, 11) is 0. The highest BCUT2D eigenvalue weighted by Gasteiger charge is 2.43. The number of aromatic nitrogens is 2. The van der Waals surface area contributed by atoms with Crippen LogP contribution in [0.3, 0.4) is 0 Å². The molecule has 7 heteroatoms. The predicted octanol–water partition coefficient (Wildman–Crippen LogP) is -2.15. The maximum atomic E-state index is 11.4. The van der Waals surface area contributed by atoms with Crippen LogP contribution in [0.15, 0.2) is 23.4 Å². The standard InChI is InChI=1S/C9H12N2O5/c12-4-5-7(14)8(15)9(16-5)11-2-1-10-3-6(11)13/h1-3,5,7-9,12,14-15H,4H2/t5-,7-,8-,9?/m1/s1. The summed E-state index contributed by atoms with van der Waals surface area (Å²) < 4.78 is 6.31. The van der Waals surface area contributed by atoms with Gasteiger partial charge in [-0.05, 0) is 0 Å². The Kier molecular flexibility index (Phi) is 3.01. The van der Waals surface area contributed by atoms with Gasteiger partial charge in [-0.2, -0.15) is 0 Å². The fraction of sp³-hybridized carbons (Fsp3) is 0.556. The first kappa shape index (κ1) is 11.2. The maximum Gasteiger partial charge on any atom is 0.271 e. The molecule has 3 N–H and O–H groups in total. The van der Waals surface area contributed by atoms with Gasteiger partial charge in [-0.1, -0.05) is 0 Å². The lowest BCUT2D eigenvalue weighted by molar-refractivity contribution is -0.0545. The summed E-state index contributed by atoms with van der Waals surface area (Å²) in [6, 6.07) is 0. The molecule has 0 radical (unpaired) electrons. The van der Waals surface area contributed by atoms with Gasteiger partial charge < -0.3 is 20.1 Å². The Bertz CT molecular complexity index is 420. The van der Waals surface area contributed by atoms with Crippen molar-refractivity contribution in [1.29, 1.82) is 0 Å². The Hall–Kier alpha value is -1.28. The zero-order valence-corrected chi connectivity index (χ0v) is 8.30. The maximum absolute atomic E-state index is 11.4. The van der Waals surface area contributed by atoms with Crippen molar-refractivity contribution in [1.82, 2.24) is 9.55 Å². The molecule has 1 aromatic heterocycles. The molecule has 1 aromatic rings. The van der Waals surface area contributed by atoms with E-state index in [1.165, 1.54) is 12.4 Å². The largest absolute Gasteiger partial charge is 0.394 e. The zero-order valence-electron chi connectivity index (χ0n) is 8.30. The van der Waals surface area contributed by atoms with Crippen molar-refractivity contribution in [3.05, 3.63) is 28.9 Å².